The van der Waals surface area contributed by atoms with Gasteiger partial charge in [0.25, 0.3) is 0 Å². The van der Waals surface area contributed by atoms with Crippen LogP contribution in [0.4, 0.5) is 0 Å². The molecule has 2 rings (SSSR count). The summed E-state index contributed by atoms with van der Waals surface area (Å²) in [4.78, 5) is 2.62. The summed E-state index contributed by atoms with van der Waals surface area (Å²) < 4.78 is 1.19. The highest BCUT2D eigenvalue weighted by atomic mass is 79.9. The van der Waals surface area contributed by atoms with Gasteiger partial charge >= 0.3 is 0 Å². The molecule has 2 heteroatoms. The topological polar surface area (TPSA) is 3.24 Å². The lowest BCUT2D eigenvalue weighted by Gasteiger charge is -2.21. The average Bonchev–Trinajstić information content (AvgIpc) is 2.55. The van der Waals surface area contributed by atoms with Gasteiger partial charge in [0.2, 0.25) is 0 Å². The third-order valence-corrected chi connectivity index (χ3v) is 4.60. The first-order valence-corrected chi connectivity index (χ1v) is 7.91. The van der Waals surface area contributed by atoms with Gasteiger partial charge in [0.05, 0.1) is 0 Å². The maximum absolute atomic E-state index is 3.55. The molecule has 18 heavy (non-hydrogen) atoms. The van der Waals surface area contributed by atoms with Crippen molar-refractivity contribution in [3.05, 3.63) is 34.3 Å². The molecule has 1 atom stereocenters. The highest BCUT2D eigenvalue weighted by molar-refractivity contribution is 9.10. The van der Waals surface area contributed by atoms with E-state index in [1.807, 2.05) is 0 Å². The molecule has 1 aromatic rings. The second-order valence-corrected chi connectivity index (χ2v) is 6.76. The quantitative estimate of drug-likeness (QED) is 0.781. The van der Waals surface area contributed by atoms with Crippen LogP contribution in [-0.4, -0.2) is 18.0 Å². The van der Waals surface area contributed by atoms with Gasteiger partial charge in [-0.3, -0.25) is 4.90 Å². The minimum Gasteiger partial charge on any atom is -0.299 e. The molecule has 0 aliphatic carbocycles. The molecule has 0 N–H and O–H groups in total. The third-order valence-electron chi connectivity index (χ3n) is 4.10. The largest absolute Gasteiger partial charge is 0.299 e. The Hall–Kier alpha value is -0.340. The molecule has 0 saturated carbocycles. The second kappa shape index (κ2) is 6.72. The van der Waals surface area contributed by atoms with Gasteiger partial charge < -0.3 is 0 Å². The fraction of sp³-hybridized carbons (Fsp3) is 0.625. The van der Waals surface area contributed by atoms with Crippen LogP contribution in [0.3, 0.4) is 0 Å². The molecular weight excluding hydrogens is 286 g/mol. The molecule has 1 unspecified atom stereocenters. The maximum Gasteiger partial charge on any atom is 0.0234 e. The van der Waals surface area contributed by atoms with Crippen molar-refractivity contribution in [3.63, 3.8) is 0 Å². The predicted molar refractivity (Wildman–Crippen MR) is 81.6 cm³/mol. The van der Waals surface area contributed by atoms with Crippen molar-refractivity contribution in [3.8, 4) is 0 Å². The molecule has 100 valence electrons. The molecule has 0 amide bonds. The van der Waals surface area contributed by atoms with Crippen molar-refractivity contribution in [2.24, 2.45) is 11.8 Å². The number of hydrogen-bond donors (Lipinski definition) is 0. The molecule has 1 aromatic carbocycles. The van der Waals surface area contributed by atoms with Crippen LogP contribution in [0.5, 0.6) is 0 Å². The van der Waals surface area contributed by atoms with Gasteiger partial charge in [-0.25, -0.2) is 0 Å². The zero-order chi connectivity index (χ0) is 13.0. The van der Waals surface area contributed by atoms with E-state index in [2.05, 4.69) is 58.9 Å². The highest BCUT2D eigenvalue weighted by Crippen LogP contribution is 2.25. The number of likely N-dealkylation sites (tertiary alicyclic amines) is 1. The predicted octanol–water partition coefficient (Wildman–Crippen LogP) is 4.71. The smallest absolute Gasteiger partial charge is 0.0234 e. The first-order chi connectivity index (χ1) is 8.65. The molecule has 0 bridgehead atoms. The SMILES string of the molecule is CC(C)C1CCCN(Cc2cccc(Br)c2)CC1. The summed E-state index contributed by atoms with van der Waals surface area (Å²) in [7, 11) is 0. The van der Waals surface area contributed by atoms with E-state index in [9.17, 15) is 0 Å². The van der Waals surface area contributed by atoms with E-state index in [0.29, 0.717) is 0 Å². The van der Waals surface area contributed by atoms with Gasteiger partial charge in [-0.15, -0.1) is 0 Å². The normalized spacial score (nSPS) is 22.1. The molecule has 1 fully saturated rings. The zero-order valence-corrected chi connectivity index (χ0v) is 13.1. The van der Waals surface area contributed by atoms with Gasteiger partial charge in [0.1, 0.15) is 0 Å². The Balaban J connectivity index is 1.91. The van der Waals surface area contributed by atoms with Gasteiger partial charge in [-0.05, 0) is 61.9 Å². The van der Waals surface area contributed by atoms with Crippen LogP contribution >= 0.6 is 15.9 Å². The standard InChI is InChI=1S/C16H24BrN/c1-13(2)15-6-4-9-18(10-8-15)12-14-5-3-7-16(17)11-14/h3,5,7,11,13,15H,4,6,8-10,12H2,1-2H3. The Labute approximate surface area is 120 Å². The van der Waals surface area contributed by atoms with Crippen molar-refractivity contribution < 1.29 is 0 Å². The van der Waals surface area contributed by atoms with Crippen LogP contribution in [0, 0.1) is 11.8 Å². The number of benzene rings is 1. The third kappa shape index (κ3) is 4.10. The van der Waals surface area contributed by atoms with Gasteiger partial charge in [-0.1, -0.05) is 41.9 Å². The van der Waals surface area contributed by atoms with Gasteiger partial charge in [-0.2, -0.15) is 0 Å². The van der Waals surface area contributed by atoms with Crippen LogP contribution in [0.15, 0.2) is 28.7 Å². The average molecular weight is 310 g/mol. The van der Waals surface area contributed by atoms with E-state index in [1.165, 1.54) is 42.4 Å². The molecule has 0 radical (unpaired) electrons. The first-order valence-electron chi connectivity index (χ1n) is 7.12. The van der Waals surface area contributed by atoms with Crippen molar-refractivity contribution in [1.82, 2.24) is 4.90 Å². The molecular formula is C16H24BrN. The van der Waals surface area contributed by atoms with Crippen LogP contribution in [-0.2, 0) is 6.54 Å². The lowest BCUT2D eigenvalue weighted by atomic mass is 9.89. The Kier molecular flexibility index (Phi) is 5.25. The van der Waals surface area contributed by atoms with E-state index in [1.54, 1.807) is 0 Å². The summed E-state index contributed by atoms with van der Waals surface area (Å²) in [5.41, 5.74) is 1.42. The molecule has 1 aliphatic heterocycles. The summed E-state index contributed by atoms with van der Waals surface area (Å²) >= 11 is 3.55. The minimum atomic E-state index is 0.843. The fourth-order valence-electron chi connectivity index (χ4n) is 2.90. The van der Waals surface area contributed by atoms with E-state index in [4.69, 9.17) is 0 Å². The van der Waals surface area contributed by atoms with E-state index < -0.39 is 0 Å². The molecule has 1 aliphatic rings. The second-order valence-electron chi connectivity index (χ2n) is 5.84. The van der Waals surface area contributed by atoms with Gasteiger partial charge in [0, 0.05) is 11.0 Å². The van der Waals surface area contributed by atoms with E-state index in [-0.39, 0.29) is 0 Å². The highest BCUT2D eigenvalue weighted by Gasteiger charge is 2.19. The van der Waals surface area contributed by atoms with Crippen molar-refractivity contribution in [1.29, 1.82) is 0 Å². The minimum absolute atomic E-state index is 0.843. The van der Waals surface area contributed by atoms with Crippen molar-refractivity contribution in [2.75, 3.05) is 13.1 Å². The Morgan fingerprint density at radius 3 is 2.83 bits per heavy atom. The van der Waals surface area contributed by atoms with Crippen LogP contribution in [0.25, 0.3) is 0 Å². The number of hydrogen-bond acceptors (Lipinski definition) is 1. The Bertz CT molecular complexity index is 375. The van der Waals surface area contributed by atoms with Gasteiger partial charge in [0.15, 0.2) is 0 Å². The summed E-state index contributed by atoms with van der Waals surface area (Å²) in [6, 6.07) is 8.70. The summed E-state index contributed by atoms with van der Waals surface area (Å²) in [6.45, 7) is 8.36. The summed E-state index contributed by atoms with van der Waals surface area (Å²) in [5.74, 6) is 1.77. The Morgan fingerprint density at radius 2 is 2.11 bits per heavy atom. The molecule has 1 saturated heterocycles. The number of rotatable bonds is 3. The van der Waals surface area contributed by atoms with Crippen LogP contribution in [0.1, 0.15) is 38.7 Å². The Morgan fingerprint density at radius 1 is 1.28 bits per heavy atom. The number of nitrogens with zero attached hydrogens (tertiary/aromatic N) is 1. The van der Waals surface area contributed by atoms with E-state index >= 15 is 0 Å². The lowest BCUT2D eigenvalue weighted by molar-refractivity contribution is 0.265. The van der Waals surface area contributed by atoms with E-state index in [0.717, 1.165) is 18.4 Å². The van der Waals surface area contributed by atoms with Crippen molar-refractivity contribution in [2.45, 2.75) is 39.7 Å². The monoisotopic (exact) mass is 309 g/mol. The van der Waals surface area contributed by atoms with Crippen LogP contribution < -0.4 is 0 Å². The molecule has 1 heterocycles. The maximum atomic E-state index is 3.55. The molecule has 1 nitrogen and oxygen atoms in total. The lowest BCUT2D eigenvalue weighted by Crippen LogP contribution is -2.24. The fourth-order valence-corrected chi connectivity index (χ4v) is 3.35. The van der Waals surface area contributed by atoms with Crippen molar-refractivity contribution >= 4 is 15.9 Å². The van der Waals surface area contributed by atoms with Crippen LogP contribution in [0.2, 0.25) is 0 Å². The number of halogens is 1. The summed E-state index contributed by atoms with van der Waals surface area (Å²) in [6.07, 6.45) is 4.13. The zero-order valence-electron chi connectivity index (χ0n) is 11.5. The first kappa shape index (κ1) is 14.1. The molecule has 0 aromatic heterocycles. The summed E-state index contributed by atoms with van der Waals surface area (Å²) in [5, 5.41) is 0. The molecule has 0 spiro atoms.